The summed E-state index contributed by atoms with van der Waals surface area (Å²) in [6, 6.07) is 11.3. The molecule has 1 aromatic carbocycles. The van der Waals surface area contributed by atoms with Gasteiger partial charge < -0.3 is 14.6 Å². The zero-order valence-corrected chi connectivity index (χ0v) is 17.5. The van der Waals surface area contributed by atoms with Gasteiger partial charge in [-0.05, 0) is 26.8 Å². The second-order valence-corrected chi connectivity index (χ2v) is 7.26. The molecule has 0 spiro atoms. The minimum atomic E-state index is -0.728. The zero-order valence-electron chi connectivity index (χ0n) is 17.5. The predicted octanol–water partition coefficient (Wildman–Crippen LogP) is 4.01. The summed E-state index contributed by atoms with van der Waals surface area (Å²) in [6.45, 7) is 5.61. The average Bonchev–Trinajstić information content (AvgIpc) is 3.37. The van der Waals surface area contributed by atoms with Gasteiger partial charge >= 0.3 is 5.97 Å². The first kappa shape index (κ1) is 20.3. The number of amides is 1. The van der Waals surface area contributed by atoms with Crippen LogP contribution in [-0.2, 0) is 4.74 Å². The van der Waals surface area contributed by atoms with Gasteiger partial charge in [-0.15, -0.1) is 0 Å². The lowest BCUT2D eigenvalue weighted by Crippen LogP contribution is -2.16. The third-order valence-corrected chi connectivity index (χ3v) is 4.84. The fraction of sp³-hybridized carbons (Fsp3) is 0.227. The Bertz CT molecular complexity index is 1270. The lowest BCUT2D eigenvalue weighted by molar-refractivity contribution is 0.0556. The Labute approximate surface area is 178 Å². The van der Waals surface area contributed by atoms with E-state index in [1.54, 1.807) is 23.9 Å². The summed E-state index contributed by atoms with van der Waals surface area (Å²) in [5.74, 6) is -1.34. The molecule has 0 radical (unpaired) electrons. The van der Waals surface area contributed by atoms with E-state index in [2.05, 4.69) is 15.6 Å². The summed E-state index contributed by atoms with van der Waals surface area (Å²) < 4.78 is 11.5. The number of rotatable bonds is 5. The summed E-state index contributed by atoms with van der Waals surface area (Å²) in [4.78, 5) is 30.0. The number of carbonyl (C=O) groups is 2. The van der Waals surface area contributed by atoms with Gasteiger partial charge in [0.05, 0.1) is 30.0 Å². The first-order chi connectivity index (χ1) is 14.9. The summed E-state index contributed by atoms with van der Waals surface area (Å²) >= 11 is 0. The second-order valence-electron chi connectivity index (χ2n) is 7.26. The molecule has 158 valence electrons. The molecule has 0 fully saturated rings. The third-order valence-electron chi connectivity index (χ3n) is 4.84. The van der Waals surface area contributed by atoms with Gasteiger partial charge in [0.2, 0.25) is 0 Å². The molecule has 4 aromatic rings. The number of benzene rings is 1. The number of fused-ring (bicyclic) bond motifs is 1. The number of pyridine rings is 1. The Morgan fingerprint density at radius 1 is 1.19 bits per heavy atom. The van der Waals surface area contributed by atoms with Gasteiger partial charge in [-0.25, -0.2) is 14.5 Å². The molecule has 1 N–H and O–H groups in total. The Morgan fingerprint density at radius 3 is 2.61 bits per heavy atom. The lowest BCUT2D eigenvalue weighted by atomic mass is 10.1. The second kappa shape index (κ2) is 8.02. The number of hydrogen-bond donors (Lipinski definition) is 1. The van der Waals surface area contributed by atoms with Crippen molar-refractivity contribution in [2.75, 3.05) is 12.4 Å². The maximum Gasteiger partial charge on any atom is 0.379 e. The van der Waals surface area contributed by atoms with E-state index in [0.717, 1.165) is 5.56 Å². The van der Waals surface area contributed by atoms with Crippen molar-refractivity contribution in [1.29, 1.82) is 0 Å². The lowest BCUT2D eigenvalue weighted by Gasteiger charge is -2.11. The van der Waals surface area contributed by atoms with Crippen LogP contribution in [0.3, 0.4) is 0 Å². The minimum Gasteiger partial charge on any atom is -0.463 e. The summed E-state index contributed by atoms with van der Waals surface area (Å²) in [5.41, 5.74) is 2.99. The molecule has 9 heteroatoms. The van der Waals surface area contributed by atoms with Crippen molar-refractivity contribution in [2.24, 2.45) is 0 Å². The van der Waals surface area contributed by atoms with Gasteiger partial charge in [0, 0.05) is 11.6 Å². The fourth-order valence-electron chi connectivity index (χ4n) is 3.27. The smallest absolute Gasteiger partial charge is 0.379 e. The highest BCUT2D eigenvalue weighted by Gasteiger charge is 2.25. The van der Waals surface area contributed by atoms with E-state index >= 15 is 0 Å². The van der Waals surface area contributed by atoms with Crippen LogP contribution in [0.1, 0.15) is 46.5 Å². The number of anilines is 1. The van der Waals surface area contributed by atoms with E-state index < -0.39 is 11.9 Å². The van der Waals surface area contributed by atoms with Crippen LogP contribution in [0.25, 0.3) is 22.3 Å². The molecule has 3 heterocycles. The van der Waals surface area contributed by atoms with Gasteiger partial charge in [0.25, 0.3) is 11.7 Å². The molecular formula is C22H21N5O4. The molecule has 9 nitrogen and oxygen atoms in total. The van der Waals surface area contributed by atoms with Crippen molar-refractivity contribution < 1.29 is 18.8 Å². The van der Waals surface area contributed by atoms with Crippen molar-refractivity contribution in [2.45, 2.75) is 26.8 Å². The van der Waals surface area contributed by atoms with Gasteiger partial charge in [-0.3, -0.25) is 4.79 Å². The standard InChI is InChI=1S/C22H21N5O4/c1-12(2)27-20-16(11-23-27)15(10-17(24-20)14-8-6-5-7-9-14)21(28)25-18-13(3)26-31-19(18)22(29)30-4/h5-12H,1-4H3,(H,25,28). The molecule has 0 aliphatic carbocycles. The topological polar surface area (TPSA) is 112 Å². The van der Waals surface area contributed by atoms with E-state index in [1.807, 2.05) is 44.2 Å². The maximum absolute atomic E-state index is 13.3. The number of nitrogens with one attached hydrogen (secondary N) is 1. The monoisotopic (exact) mass is 419 g/mol. The van der Waals surface area contributed by atoms with Gasteiger partial charge in [0.1, 0.15) is 11.4 Å². The van der Waals surface area contributed by atoms with Gasteiger partial charge in [-0.1, -0.05) is 35.5 Å². The zero-order chi connectivity index (χ0) is 22.1. The fourth-order valence-corrected chi connectivity index (χ4v) is 3.27. The molecule has 0 saturated carbocycles. The van der Waals surface area contributed by atoms with Gasteiger partial charge in [0.15, 0.2) is 5.65 Å². The largest absolute Gasteiger partial charge is 0.463 e. The van der Waals surface area contributed by atoms with Crippen LogP contribution in [0.4, 0.5) is 5.69 Å². The molecule has 0 aliphatic rings. The number of carbonyl (C=O) groups excluding carboxylic acids is 2. The van der Waals surface area contributed by atoms with Crippen molar-refractivity contribution in [1.82, 2.24) is 19.9 Å². The number of ether oxygens (including phenoxy) is 1. The van der Waals surface area contributed by atoms with Gasteiger partial charge in [-0.2, -0.15) is 5.10 Å². The van der Waals surface area contributed by atoms with Crippen LogP contribution in [0.5, 0.6) is 0 Å². The number of esters is 1. The Balaban J connectivity index is 1.84. The SMILES string of the molecule is COC(=O)c1onc(C)c1NC(=O)c1cc(-c2ccccc2)nc2c1cnn2C(C)C. The first-order valence-electron chi connectivity index (χ1n) is 9.70. The van der Waals surface area contributed by atoms with Crippen molar-refractivity contribution in [3.05, 3.63) is 59.6 Å². The van der Waals surface area contributed by atoms with Crippen LogP contribution >= 0.6 is 0 Å². The molecular weight excluding hydrogens is 398 g/mol. The van der Waals surface area contributed by atoms with Crippen molar-refractivity contribution in [3.8, 4) is 11.3 Å². The minimum absolute atomic E-state index is 0.0539. The Morgan fingerprint density at radius 2 is 1.94 bits per heavy atom. The maximum atomic E-state index is 13.3. The van der Waals surface area contributed by atoms with E-state index in [1.165, 1.54) is 7.11 Å². The average molecular weight is 419 g/mol. The molecule has 0 aliphatic heterocycles. The highest BCUT2D eigenvalue weighted by Crippen LogP contribution is 2.28. The van der Waals surface area contributed by atoms with E-state index in [9.17, 15) is 9.59 Å². The predicted molar refractivity (Wildman–Crippen MR) is 114 cm³/mol. The highest BCUT2D eigenvalue weighted by molar-refractivity contribution is 6.14. The highest BCUT2D eigenvalue weighted by atomic mass is 16.5. The van der Waals surface area contributed by atoms with Crippen molar-refractivity contribution >= 4 is 28.6 Å². The van der Waals surface area contributed by atoms with Crippen molar-refractivity contribution in [3.63, 3.8) is 0 Å². The van der Waals surface area contributed by atoms with Crippen LogP contribution in [-0.4, -0.2) is 38.9 Å². The third kappa shape index (κ3) is 3.65. The number of nitrogens with zero attached hydrogens (tertiary/aromatic N) is 4. The molecule has 0 bridgehead atoms. The van der Waals surface area contributed by atoms with Crippen LogP contribution in [0.15, 0.2) is 47.1 Å². The molecule has 0 unspecified atom stereocenters. The van der Waals surface area contributed by atoms with E-state index in [0.29, 0.717) is 28.0 Å². The van der Waals surface area contributed by atoms with Crippen LogP contribution < -0.4 is 5.32 Å². The van der Waals surface area contributed by atoms with Crippen LogP contribution in [0, 0.1) is 6.92 Å². The Hall–Kier alpha value is -4.01. The summed E-state index contributed by atoms with van der Waals surface area (Å²) in [5, 5.41) is 11.5. The molecule has 1 amide bonds. The normalized spacial score (nSPS) is 11.1. The number of methoxy groups -OCH3 is 1. The number of aryl methyl sites for hydroxylation is 1. The quantitative estimate of drug-likeness (QED) is 0.486. The number of hydrogen-bond acceptors (Lipinski definition) is 7. The summed E-state index contributed by atoms with van der Waals surface area (Å²) in [7, 11) is 1.23. The molecule has 4 rings (SSSR count). The molecule has 31 heavy (non-hydrogen) atoms. The molecule has 3 aromatic heterocycles. The molecule has 0 atom stereocenters. The van der Waals surface area contributed by atoms with Crippen LogP contribution in [0.2, 0.25) is 0 Å². The Kier molecular flexibility index (Phi) is 5.24. The molecule has 0 saturated heterocycles. The first-order valence-corrected chi connectivity index (χ1v) is 9.70. The number of aromatic nitrogens is 4. The summed E-state index contributed by atoms with van der Waals surface area (Å²) in [6.07, 6.45) is 1.62. The van der Waals surface area contributed by atoms with E-state index in [-0.39, 0.29) is 17.5 Å². The van der Waals surface area contributed by atoms with E-state index in [4.69, 9.17) is 14.2 Å².